The molecular weight excluding hydrogens is 202 g/mol. The first-order valence-electron chi connectivity index (χ1n) is 4.25. The standard InChI is InChI=1S/C10H15NS.ClH/c11-7-4-8-12-9-10-5-2-1-3-6-10;/h1-3,5-6H,4,7-9,11H2;1H. The zero-order valence-electron chi connectivity index (χ0n) is 7.61. The molecule has 74 valence electrons. The van der Waals surface area contributed by atoms with Crippen LogP contribution in [0.2, 0.25) is 0 Å². The van der Waals surface area contributed by atoms with E-state index in [4.69, 9.17) is 5.73 Å². The van der Waals surface area contributed by atoms with Crippen LogP contribution in [-0.2, 0) is 5.75 Å². The fourth-order valence-corrected chi connectivity index (χ4v) is 1.89. The van der Waals surface area contributed by atoms with Gasteiger partial charge in [0.25, 0.3) is 0 Å². The van der Waals surface area contributed by atoms with Crippen LogP contribution < -0.4 is 5.73 Å². The van der Waals surface area contributed by atoms with E-state index in [-0.39, 0.29) is 12.4 Å². The average molecular weight is 218 g/mol. The van der Waals surface area contributed by atoms with Crippen molar-refractivity contribution >= 4 is 24.2 Å². The lowest BCUT2D eigenvalue weighted by Crippen LogP contribution is -1.99. The summed E-state index contributed by atoms with van der Waals surface area (Å²) in [6, 6.07) is 10.5. The molecule has 0 amide bonds. The van der Waals surface area contributed by atoms with E-state index in [1.807, 2.05) is 17.8 Å². The van der Waals surface area contributed by atoms with Gasteiger partial charge in [0, 0.05) is 5.75 Å². The Kier molecular flexibility index (Phi) is 8.30. The highest BCUT2D eigenvalue weighted by atomic mass is 35.5. The van der Waals surface area contributed by atoms with E-state index in [9.17, 15) is 0 Å². The van der Waals surface area contributed by atoms with Crippen LogP contribution in [0.5, 0.6) is 0 Å². The van der Waals surface area contributed by atoms with Crippen LogP contribution in [0.3, 0.4) is 0 Å². The third-order valence-corrected chi connectivity index (χ3v) is 2.72. The van der Waals surface area contributed by atoms with Gasteiger partial charge in [0.15, 0.2) is 0 Å². The molecule has 1 aromatic rings. The summed E-state index contributed by atoms with van der Waals surface area (Å²) < 4.78 is 0. The van der Waals surface area contributed by atoms with Crippen molar-refractivity contribution in [2.24, 2.45) is 5.73 Å². The quantitative estimate of drug-likeness (QED) is 0.768. The Morgan fingerprint density at radius 2 is 1.85 bits per heavy atom. The lowest BCUT2D eigenvalue weighted by atomic mass is 10.2. The van der Waals surface area contributed by atoms with Gasteiger partial charge in [0.2, 0.25) is 0 Å². The Balaban J connectivity index is 0.00000144. The van der Waals surface area contributed by atoms with E-state index in [0.717, 1.165) is 18.7 Å². The molecule has 0 saturated carbocycles. The van der Waals surface area contributed by atoms with Gasteiger partial charge in [0.05, 0.1) is 0 Å². The maximum Gasteiger partial charge on any atom is 0.0184 e. The first-order valence-corrected chi connectivity index (χ1v) is 5.40. The summed E-state index contributed by atoms with van der Waals surface area (Å²) >= 11 is 1.95. The molecule has 0 aliphatic rings. The maximum absolute atomic E-state index is 5.39. The van der Waals surface area contributed by atoms with E-state index in [1.165, 1.54) is 11.3 Å². The minimum Gasteiger partial charge on any atom is -0.330 e. The zero-order valence-corrected chi connectivity index (χ0v) is 9.24. The van der Waals surface area contributed by atoms with Crippen molar-refractivity contribution in [3.8, 4) is 0 Å². The molecule has 0 aromatic heterocycles. The topological polar surface area (TPSA) is 26.0 Å². The molecule has 0 atom stereocenters. The fraction of sp³-hybridized carbons (Fsp3) is 0.400. The molecule has 0 unspecified atom stereocenters. The van der Waals surface area contributed by atoms with Crippen molar-refractivity contribution in [3.63, 3.8) is 0 Å². The molecule has 1 nitrogen and oxygen atoms in total. The van der Waals surface area contributed by atoms with Crippen LogP contribution in [-0.4, -0.2) is 12.3 Å². The molecule has 1 aromatic carbocycles. The minimum atomic E-state index is 0. The van der Waals surface area contributed by atoms with Crippen molar-refractivity contribution in [3.05, 3.63) is 35.9 Å². The monoisotopic (exact) mass is 217 g/mol. The van der Waals surface area contributed by atoms with E-state index in [1.54, 1.807) is 0 Å². The molecule has 0 saturated heterocycles. The molecule has 0 fully saturated rings. The van der Waals surface area contributed by atoms with Crippen LogP contribution in [0.1, 0.15) is 12.0 Å². The van der Waals surface area contributed by atoms with Crippen LogP contribution in [0.25, 0.3) is 0 Å². The summed E-state index contributed by atoms with van der Waals surface area (Å²) in [4.78, 5) is 0. The SMILES string of the molecule is Cl.NCCCSCc1ccccc1. The van der Waals surface area contributed by atoms with Gasteiger partial charge in [-0.05, 0) is 24.3 Å². The number of rotatable bonds is 5. The van der Waals surface area contributed by atoms with Crippen LogP contribution in [0, 0.1) is 0 Å². The summed E-state index contributed by atoms with van der Waals surface area (Å²) in [6.45, 7) is 0.807. The zero-order chi connectivity index (χ0) is 8.65. The second-order valence-corrected chi connectivity index (χ2v) is 3.79. The van der Waals surface area contributed by atoms with E-state index >= 15 is 0 Å². The number of benzene rings is 1. The van der Waals surface area contributed by atoms with Gasteiger partial charge in [-0.1, -0.05) is 30.3 Å². The predicted molar refractivity (Wildman–Crippen MR) is 63.5 cm³/mol. The Morgan fingerprint density at radius 1 is 1.15 bits per heavy atom. The van der Waals surface area contributed by atoms with Crippen LogP contribution in [0.15, 0.2) is 30.3 Å². The second-order valence-electron chi connectivity index (χ2n) is 2.68. The molecule has 2 N–H and O–H groups in total. The van der Waals surface area contributed by atoms with Gasteiger partial charge in [-0.25, -0.2) is 0 Å². The lowest BCUT2D eigenvalue weighted by molar-refractivity contribution is 0.943. The van der Waals surface area contributed by atoms with Gasteiger partial charge in [-0.3, -0.25) is 0 Å². The molecule has 3 heteroatoms. The molecule has 1 rings (SSSR count). The Hall–Kier alpha value is -0.180. The van der Waals surface area contributed by atoms with Crippen molar-refractivity contribution in [2.45, 2.75) is 12.2 Å². The highest BCUT2D eigenvalue weighted by Crippen LogP contribution is 2.11. The number of nitrogens with two attached hydrogens (primary N) is 1. The Morgan fingerprint density at radius 3 is 2.46 bits per heavy atom. The number of hydrogen-bond acceptors (Lipinski definition) is 2. The molecule has 0 heterocycles. The summed E-state index contributed by atoms with van der Waals surface area (Å²) in [6.07, 6.45) is 1.12. The molecule has 0 bridgehead atoms. The average Bonchev–Trinajstić information content (AvgIpc) is 2.14. The molecular formula is C10H16ClNS. The molecule has 0 spiro atoms. The largest absolute Gasteiger partial charge is 0.330 e. The normalized spacial score (nSPS) is 9.31. The third-order valence-electron chi connectivity index (χ3n) is 1.60. The van der Waals surface area contributed by atoms with Crippen LogP contribution >= 0.6 is 24.2 Å². The highest BCUT2D eigenvalue weighted by molar-refractivity contribution is 7.98. The van der Waals surface area contributed by atoms with Crippen molar-refractivity contribution < 1.29 is 0 Å². The van der Waals surface area contributed by atoms with Gasteiger partial charge in [0.1, 0.15) is 0 Å². The van der Waals surface area contributed by atoms with Gasteiger partial charge < -0.3 is 5.73 Å². The summed E-state index contributed by atoms with van der Waals surface area (Å²) in [5, 5.41) is 0. The smallest absolute Gasteiger partial charge is 0.0184 e. The Labute approximate surface area is 90.5 Å². The van der Waals surface area contributed by atoms with Crippen LogP contribution in [0.4, 0.5) is 0 Å². The van der Waals surface area contributed by atoms with Gasteiger partial charge in [-0.15, -0.1) is 12.4 Å². The van der Waals surface area contributed by atoms with Crippen molar-refractivity contribution in [2.75, 3.05) is 12.3 Å². The number of halogens is 1. The highest BCUT2D eigenvalue weighted by Gasteiger charge is 1.90. The molecule has 13 heavy (non-hydrogen) atoms. The summed E-state index contributed by atoms with van der Waals surface area (Å²) in [5.74, 6) is 2.28. The minimum absolute atomic E-state index is 0. The summed E-state index contributed by atoms with van der Waals surface area (Å²) in [5.41, 5.74) is 6.80. The van der Waals surface area contributed by atoms with Crippen molar-refractivity contribution in [1.29, 1.82) is 0 Å². The molecule has 0 aliphatic heterocycles. The third kappa shape index (κ3) is 5.97. The predicted octanol–water partition coefficient (Wildman–Crippen LogP) is 2.69. The number of thioether (sulfide) groups is 1. The lowest BCUT2D eigenvalue weighted by Gasteiger charge is -1.99. The van der Waals surface area contributed by atoms with Crippen molar-refractivity contribution in [1.82, 2.24) is 0 Å². The Bertz CT molecular complexity index is 203. The van der Waals surface area contributed by atoms with E-state index < -0.39 is 0 Å². The van der Waals surface area contributed by atoms with E-state index in [2.05, 4.69) is 24.3 Å². The first kappa shape index (κ1) is 12.8. The molecule has 0 radical (unpaired) electrons. The second kappa shape index (κ2) is 8.42. The summed E-state index contributed by atoms with van der Waals surface area (Å²) in [7, 11) is 0. The first-order chi connectivity index (χ1) is 5.93. The fourth-order valence-electron chi connectivity index (χ4n) is 0.950. The maximum atomic E-state index is 5.39. The molecule has 0 aliphatic carbocycles. The van der Waals surface area contributed by atoms with Gasteiger partial charge >= 0.3 is 0 Å². The van der Waals surface area contributed by atoms with Gasteiger partial charge in [-0.2, -0.15) is 11.8 Å². The number of hydrogen-bond donors (Lipinski definition) is 1. The van der Waals surface area contributed by atoms with E-state index in [0.29, 0.717) is 0 Å².